The van der Waals surface area contributed by atoms with E-state index in [-0.39, 0.29) is 5.56 Å². The molecule has 0 aliphatic heterocycles. The number of hydrogen-bond acceptors (Lipinski definition) is 2. The SMILES string of the molecule is C=CN(C=C(C)C)c1cc(NC(=C)c2ccc(CCC)c(C)c2)cc(C(C)(F)F)c1. The van der Waals surface area contributed by atoms with E-state index in [9.17, 15) is 8.78 Å². The van der Waals surface area contributed by atoms with Crippen LogP contribution in [0.25, 0.3) is 5.70 Å². The van der Waals surface area contributed by atoms with Gasteiger partial charge in [0.25, 0.3) is 5.92 Å². The third kappa shape index (κ3) is 6.06. The van der Waals surface area contributed by atoms with Crippen LogP contribution in [0, 0.1) is 6.92 Å². The molecule has 0 saturated carbocycles. The maximum atomic E-state index is 14.2. The Bertz CT molecular complexity index is 948. The maximum absolute atomic E-state index is 14.2. The van der Waals surface area contributed by atoms with Gasteiger partial charge in [-0.3, -0.25) is 0 Å². The summed E-state index contributed by atoms with van der Waals surface area (Å²) in [5.74, 6) is -2.97. The van der Waals surface area contributed by atoms with Crippen molar-refractivity contribution in [3.63, 3.8) is 0 Å². The van der Waals surface area contributed by atoms with Crippen LogP contribution in [0.2, 0.25) is 0 Å². The first kappa shape index (κ1) is 23.4. The van der Waals surface area contributed by atoms with Crippen molar-refractivity contribution in [3.05, 3.63) is 89.8 Å². The van der Waals surface area contributed by atoms with Gasteiger partial charge in [0.05, 0.1) is 0 Å². The van der Waals surface area contributed by atoms with Crippen LogP contribution in [-0.2, 0) is 12.3 Å². The van der Waals surface area contributed by atoms with Crippen LogP contribution in [0.3, 0.4) is 0 Å². The lowest BCUT2D eigenvalue weighted by Crippen LogP contribution is -2.12. The third-order valence-electron chi connectivity index (χ3n) is 4.82. The van der Waals surface area contributed by atoms with E-state index < -0.39 is 5.92 Å². The van der Waals surface area contributed by atoms with Crippen molar-refractivity contribution in [2.45, 2.75) is 53.4 Å². The standard InChI is InChI=1S/C26H32F2N2/c1-8-10-21-11-12-22(13-19(21)5)20(6)29-24-14-23(26(7,27)28)15-25(16-24)30(9-2)17-18(3)4/h9,11-17,29H,2,6,8,10H2,1,3-5,7H3. The topological polar surface area (TPSA) is 15.3 Å². The zero-order valence-electron chi connectivity index (χ0n) is 18.7. The Labute approximate surface area is 179 Å². The molecule has 0 aliphatic carbocycles. The second-order valence-corrected chi connectivity index (χ2v) is 7.95. The molecule has 2 nitrogen and oxygen atoms in total. The molecular weight excluding hydrogens is 378 g/mol. The average Bonchev–Trinajstić information content (AvgIpc) is 2.66. The Hall–Kier alpha value is -2.88. The number of halogens is 2. The van der Waals surface area contributed by atoms with Gasteiger partial charge in [-0.05, 0) is 68.1 Å². The Balaban J connectivity index is 2.41. The lowest BCUT2D eigenvalue weighted by atomic mass is 10.00. The summed E-state index contributed by atoms with van der Waals surface area (Å²) >= 11 is 0. The predicted octanol–water partition coefficient (Wildman–Crippen LogP) is 8.02. The molecule has 0 fully saturated rings. The quantitative estimate of drug-likeness (QED) is 0.450. The zero-order chi connectivity index (χ0) is 22.5. The largest absolute Gasteiger partial charge is 0.355 e. The van der Waals surface area contributed by atoms with Crippen molar-refractivity contribution in [3.8, 4) is 0 Å². The Kier molecular flexibility index (Phi) is 7.60. The summed E-state index contributed by atoms with van der Waals surface area (Å²) in [5, 5.41) is 3.21. The molecule has 2 aromatic carbocycles. The molecule has 1 N–H and O–H groups in total. The lowest BCUT2D eigenvalue weighted by molar-refractivity contribution is 0.0175. The van der Waals surface area contributed by atoms with E-state index >= 15 is 0 Å². The number of allylic oxidation sites excluding steroid dienone is 1. The maximum Gasteiger partial charge on any atom is 0.270 e. The highest BCUT2D eigenvalue weighted by atomic mass is 19.3. The summed E-state index contributed by atoms with van der Waals surface area (Å²) in [6.45, 7) is 17.0. The molecular formula is C26H32F2N2. The minimum Gasteiger partial charge on any atom is -0.355 e. The van der Waals surface area contributed by atoms with Crippen LogP contribution in [0.15, 0.2) is 67.5 Å². The molecule has 0 heterocycles. The molecule has 0 bridgehead atoms. The molecule has 4 heteroatoms. The summed E-state index contributed by atoms with van der Waals surface area (Å²) < 4.78 is 28.3. The number of alkyl halides is 2. The zero-order valence-corrected chi connectivity index (χ0v) is 18.7. The molecule has 0 aromatic heterocycles. The highest BCUT2D eigenvalue weighted by Crippen LogP contribution is 2.34. The van der Waals surface area contributed by atoms with Crippen molar-refractivity contribution < 1.29 is 8.78 Å². The molecule has 0 amide bonds. The van der Waals surface area contributed by atoms with Gasteiger partial charge >= 0.3 is 0 Å². The minimum atomic E-state index is -2.97. The van der Waals surface area contributed by atoms with Gasteiger partial charge in [-0.25, -0.2) is 8.78 Å². The van der Waals surface area contributed by atoms with Gasteiger partial charge in [0.1, 0.15) is 0 Å². The number of aryl methyl sites for hydroxylation is 2. The normalized spacial score (nSPS) is 11.0. The van der Waals surface area contributed by atoms with E-state index in [1.54, 1.807) is 11.1 Å². The molecule has 30 heavy (non-hydrogen) atoms. The molecule has 2 rings (SSSR count). The van der Waals surface area contributed by atoms with Gasteiger partial charge in [-0.15, -0.1) is 0 Å². The van der Waals surface area contributed by atoms with Crippen molar-refractivity contribution in [2.24, 2.45) is 0 Å². The minimum absolute atomic E-state index is 0.0706. The van der Waals surface area contributed by atoms with Gasteiger partial charge in [-0.1, -0.05) is 44.2 Å². The van der Waals surface area contributed by atoms with Crippen LogP contribution in [0.1, 0.15) is 56.4 Å². The smallest absolute Gasteiger partial charge is 0.270 e. The van der Waals surface area contributed by atoms with Crippen LogP contribution >= 0.6 is 0 Å². The van der Waals surface area contributed by atoms with Crippen LogP contribution in [-0.4, -0.2) is 0 Å². The number of rotatable bonds is 9. The Morgan fingerprint density at radius 3 is 2.40 bits per heavy atom. The lowest BCUT2D eigenvalue weighted by Gasteiger charge is -2.22. The second-order valence-electron chi connectivity index (χ2n) is 7.95. The molecule has 0 aliphatic rings. The summed E-state index contributed by atoms with van der Waals surface area (Å²) in [6, 6.07) is 11.0. The molecule has 0 spiro atoms. The number of nitrogens with zero attached hydrogens (tertiary/aromatic N) is 1. The van der Waals surface area contributed by atoms with E-state index in [4.69, 9.17) is 0 Å². The van der Waals surface area contributed by atoms with E-state index in [0.29, 0.717) is 17.1 Å². The first-order valence-corrected chi connectivity index (χ1v) is 10.2. The fourth-order valence-electron chi connectivity index (χ4n) is 3.28. The summed E-state index contributed by atoms with van der Waals surface area (Å²) in [6.07, 6.45) is 5.58. The average molecular weight is 411 g/mol. The summed E-state index contributed by atoms with van der Waals surface area (Å²) in [7, 11) is 0. The molecule has 0 atom stereocenters. The summed E-state index contributed by atoms with van der Waals surface area (Å²) in [5.41, 5.74) is 6.24. The number of anilines is 2. The van der Waals surface area contributed by atoms with Gasteiger partial charge in [0.15, 0.2) is 0 Å². The van der Waals surface area contributed by atoms with E-state index in [2.05, 4.69) is 44.5 Å². The fraction of sp³-hybridized carbons (Fsp3) is 0.308. The van der Waals surface area contributed by atoms with Crippen molar-refractivity contribution in [1.29, 1.82) is 0 Å². The number of hydrogen-bond donors (Lipinski definition) is 1. The summed E-state index contributed by atoms with van der Waals surface area (Å²) in [4.78, 5) is 1.74. The highest BCUT2D eigenvalue weighted by molar-refractivity contribution is 5.78. The van der Waals surface area contributed by atoms with Gasteiger partial charge in [0.2, 0.25) is 0 Å². The van der Waals surface area contributed by atoms with Crippen LogP contribution < -0.4 is 10.2 Å². The molecule has 0 radical (unpaired) electrons. The Morgan fingerprint density at radius 1 is 1.17 bits per heavy atom. The number of benzene rings is 2. The highest BCUT2D eigenvalue weighted by Gasteiger charge is 2.26. The molecule has 0 unspecified atom stereocenters. The third-order valence-corrected chi connectivity index (χ3v) is 4.82. The first-order chi connectivity index (χ1) is 14.0. The molecule has 0 saturated heterocycles. The number of nitrogens with one attached hydrogen (secondary N) is 1. The van der Waals surface area contributed by atoms with Gasteiger partial charge < -0.3 is 10.2 Å². The van der Waals surface area contributed by atoms with Crippen LogP contribution in [0.5, 0.6) is 0 Å². The Morgan fingerprint density at radius 2 is 1.87 bits per heavy atom. The van der Waals surface area contributed by atoms with E-state index in [0.717, 1.165) is 30.9 Å². The van der Waals surface area contributed by atoms with E-state index in [1.165, 1.54) is 23.3 Å². The van der Waals surface area contributed by atoms with E-state index in [1.807, 2.05) is 32.2 Å². The first-order valence-electron chi connectivity index (χ1n) is 10.2. The second kappa shape index (κ2) is 9.75. The monoisotopic (exact) mass is 410 g/mol. The van der Waals surface area contributed by atoms with Crippen molar-refractivity contribution in [1.82, 2.24) is 0 Å². The fourth-order valence-corrected chi connectivity index (χ4v) is 3.28. The van der Waals surface area contributed by atoms with Crippen molar-refractivity contribution in [2.75, 3.05) is 10.2 Å². The predicted molar refractivity (Wildman–Crippen MR) is 126 cm³/mol. The van der Waals surface area contributed by atoms with Crippen LogP contribution in [0.4, 0.5) is 20.2 Å². The molecule has 160 valence electrons. The van der Waals surface area contributed by atoms with Crippen molar-refractivity contribution >= 4 is 17.1 Å². The van der Waals surface area contributed by atoms with Gasteiger partial charge in [-0.2, -0.15) is 0 Å². The molecule has 2 aromatic rings. The van der Waals surface area contributed by atoms with Gasteiger partial charge in [0, 0.05) is 42.0 Å².